The van der Waals surface area contributed by atoms with Crippen LogP contribution < -0.4 is 16.4 Å². The lowest BCUT2D eigenvalue weighted by Crippen LogP contribution is -2.61. The van der Waals surface area contributed by atoms with E-state index in [0.29, 0.717) is 6.54 Å². The van der Waals surface area contributed by atoms with Crippen molar-refractivity contribution in [1.29, 1.82) is 0 Å². The predicted octanol–water partition coefficient (Wildman–Crippen LogP) is 0.343. The smallest absolute Gasteiger partial charge is 0.243 e. The second kappa shape index (κ2) is 9.11. The Bertz CT molecular complexity index is 1230. The van der Waals surface area contributed by atoms with Crippen LogP contribution in [0.25, 0.3) is 10.9 Å². The molecular weight excluding hydrogens is 430 g/mol. The minimum absolute atomic E-state index is 0.116. The number of rotatable bonds is 7. The molecule has 9 nitrogen and oxygen atoms in total. The number of para-hydroxylation sites is 1. The van der Waals surface area contributed by atoms with Crippen molar-refractivity contribution in [3.05, 3.63) is 66.4 Å². The van der Waals surface area contributed by atoms with Crippen molar-refractivity contribution in [3.63, 3.8) is 0 Å². The van der Waals surface area contributed by atoms with Crippen LogP contribution in [0.1, 0.15) is 5.56 Å². The summed E-state index contributed by atoms with van der Waals surface area (Å²) in [5, 5.41) is 6.65. The fourth-order valence-corrected chi connectivity index (χ4v) is 5.54. The Balaban J connectivity index is 1.55. The number of aromatic amines is 1. The zero-order valence-electron chi connectivity index (χ0n) is 17.3. The summed E-state index contributed by atoms with van der Waals surface area (Å²) in [6, 6.07) is 13.6. The standard InChI is InChI=1S/C22H25N5O4S/c23-21(28)19(12-15-13-25-18-9-5-4-8-17(15)18)26-22(29)20-14-24-10-11-27(20)32(30,31)16-6-2-1-3-7-16/h1-9,13,19-20,24-25H,10-12,14H2,(H2,23,28)(H,26,29). The number of carbonyl (C=O) groups excluding carboxylic acids is 2. The van der Waals surface area contributed by atoms with Gasteiger partial charge in [0.25, 0.3) is 0 Å². The van der Waals surface area contributed by atoms with Gasteiger partial charge in [-0.1, -0.05) is 36.4 Å². The molecule has 0 spiro atoms. The molecule has 0 radical (unpaired) electrons. The molecule has 1 aromatic heterocycles. The SMILES string of the molecule is NC(=O)C(Cc1c[nH]c2ccccc12)NC(=O)C1CNCCN1S(=O)(=O)c1ccccc1. The Morgan fingerprint density at radius 1 is 1.12 bits per heavy atom. The number of primary amides is 1. The number of carbonyl (C=O) groups is 2. The van der Waals surface area contributed by atoms with Gasteiger partial charge in [-0.3, -0.25) is 9.59 Å². The van der Waals surface area contributed by atoms with Crippen molar-refractivity contribution in [2.45, 2.75) is 23.4 Å². The van der Waals surface area contributed by atoms with E-state index in [1.165, 1.54) is 16.4 Å². The van der Waals surface area contributed by atoms with Crippen LogP contribution in [-0.2, 0) is 26.0 Å². The zero-order valence-corrected chi connectivity index (χ0v) is 18.1. The number of hydrogen-bond donors (Lipinski definition) is 4. The number of amides is 2. The number of fused-ring (bicyclic) bond motifs is 1. The lowest BCUT2D eigenvalue weighted by molar-refractivity contribution is -0.130. The third-order valence-corrected chi connectivity index (χ3v) is 7.53. The summed E-state index contributed by atoms with van der Waals surface area (Å²) in [4.78, 5) is 28.5. The normalized spacial score (nSPS) is 18.3. The third-order valence-electron chi connectivity index (χ3n) is 5.61. The molecule has 1 aliphatic rings. The van der Waals surface area contributed by atoms with Crippen molar-refractivity contribution in [1.82, 2.24) is 19.9 Å². The highest BCUT2D eigenvalue weighted by molar-refractivity contribution is 7.89. The van der Waals surface area contributed by atoms with E-state index in [2.05, 4.69) is 15.6 Å². The fourth-order valence-electron chi connectivity index (χ4n) is 3.94. The molecule has 1 aliphatic heterocycles. The number of H-pyrrole nitrogens is 1. The first-order valence-corrected chi connectivity index (χ1v) is 11.7. The molecule has 4 rings (SSSR count). The third kappa shape index (κ3) is 4.38. The van der Waals surface area contributed by atoms with Gasteiger partial charge in [-0.25, -0.2) is 8.42 Å². The maximum absolute atomic E-state index is 13.1. The average Bonchev–Trinajstić information content (AvgIpc) is 3.22. The summed E-state index contributed by atoms with van der Waals surface area (Å²) in [5.74, 6) is -1.26. The van der Waals surface area contributed by atoms with Crippen molar-refractivity contribution in [2.75, 3.05) is 19.6 Å². The molecule has 0 saturated carbocycles. The van der Waals surface area contributed by atoms with Gasteiger partial charge in [0.1, 0.15) is 12.1 Å². The van der Waals surface area contributed by atoms with E-state index in [-0.39, 0.29) is 24.4 Å². The van der Waals surface area contributed by atoms with Gasteiger partial charge >= 0.3 is 0 Å². The highest BCUT2D eigenvalue weighted by atomic mass is 32.2. The van der Waals surface area contributed by atoms with Crippen LogP contribution in [0, 0.1) is 0 Å². The van der Waals surface area contributed by atoms with Crippen LogP contribution in [0.3, 0.4) is 0 Å². The number of piperazine rings is 1. The highest BCUT2D eigenvalue weighted by Crippen LogP contribution is 2.21. The van der Waals surface area contributed by atoms with E-state index in [1.54, 1.807) is 24.4 Å². The van der Waals surface area contributed by atoms with Gasteiger partial charge in [0.15, 0.2) is 0 Å². The number of sulfonamides is 1. The Morgan fingerprint density at radius 2 is 1.84 bits per heavy atom. The molecule has 0 bridgehead atoms. The van der Waals surface area contributed by atoms with Crippen LogP contribution in [-0.4, -0.2) is 61.2 Å². The van der Waals surface area contributed by atoms with Crippen LogP contribution in [0.15, 0.2) is 65.7 Å². The lowest BCUT2D eigenvalue weighted by atomic mass is 10.0. The minimum Gasteiger partial charge on any atom is -0.368 e. The first-order valence-electron chi connectivity index (χ1n) is 10.3. The zero-order chi connectivity index (χ0) is 22.7. The summed E-state index contributed by atoms with van der Waals surface area (Å²) in [6.07, 6.45) is 1.97. The largest absolute Gasteiger partial charge is 0.368 e. The topological polar surface area (TPSA) is 137 Å². The van der Waals surface area contributed by atoms with E-state index in [1.807, 2.05) is 24.3 Å². The van der Waals surface area contributed by atoms with Gasteiger partial charge in [0.05, 0.1) is 4.90 Å². The van der Waals surface area contributed by atoms with Gasteiger partial charge in [-0.2, -0.15) is 4.31 Å². The Kier molecular flexibility index (Phi) is 6.26. The first kappa shape index (κ1) is 22.0. The average molecular weight is 456 g/mol. The minimum atomic E-state index is -3.88. The van der Waals surface area contributed by atoms with Gasteiger partial charge in [0.2, 0.25) is 21.8 Å². The molecule has 5 N–H and O–H groups in total. The molecule has 1 saturated heterocycles. The van der Waals surface area contributed by atoms with E-state index >= 15 is 0 Å². The van der Waals surface area contributed by atoms with Crippen molar-refractivity contribution in [3.8, 4) is 0 Å². The maximum atomic E-state index is 13.1. The second-order valence-electron chi connectivity index (χ2n) is 7.68. The molecule has 2 unspecified atom stereocenters. The molecule has 168 valence electrons. The van der Waals surface area contributed by atoms with Crippen molar-refractivity contribution < 1.29 is 18.0 Å². The van der Waals surface area contributed by atoms with Gasteiger partial charge in [-0.05, 0) is 23.8 Å². The first-order chi connectivity index (χ1) is 15.4. The highest BCUT2D eigenvalue weighted by Gasteiger charge is 2.38. The molecule has 2 aromatic carbocycles. The van der Waals surface area contributed by atoms with Crippen molar-refractivity contribution >= 4 is 32.7 Å². The van der Waals surface area contributed by atoms with E-state index in [0.717, 1.165) is 16.5 Å². The monoisotopic (exact) mass is 455 g/mol. The van der Waals surface area contributed by atoms with Gasteiger partial charge in [0, 0.05) is 43.2 Å². The molecular formula is C22H25N5O4S. The molecule has 2 amide bonds. The molecule has 1 fully saturated rings. The fraction of sp³-hybridized carbons (Fsp3) is 0.273. The van der Waals surface area contributed by atoms with Crippen LogP contribution in [0.5, 0.6) is 0 Å². The lowest BCUT2D eigenvalue weighted by Gasteiger charge is -2.34. The number of aromatic nitrogens is 1. The van der Waals surface area contributed by atoms with E-state index < -0.39 is 33.9 Å². The molecule has 10 heteroatoms. The Labute approximate surface area is 186 Å². The number of nitrogens with one attached hydrogen (secondary N) is 3. The summed E-state index contributed by atoms with van der Waals surface area (Å²) >= 11 is 0. The Hall–Kier alpha value is -3.21. The number of hydrogen-bond acceptors (Lipinski definition) is 5. The maximum Gasteiger partial charge on any atom is 0.243 e. The molecule has 0 aliphatic carbocycles. The Morgan fingerprint density at radius 3 is 2.59 bits per heavy atom. The van der Waals surface area contributed by atoms with E-state index in [4.69, 9.17) is 5.73 Å². The summed E-state index contributed by atoms with van der Waals surface area (Å²) in [7, 11) is -3.88. The molecule has 2 heterocycles. The molecule has 2 atom stereocenters. The van der Waals surface area contributed by atoms with Crippen molar-refractivity contribution in [2.24, 2.45) is 5.73 Å². The van der Waals surface area contributed by atoms with Crippen LogP contribution in [0.2, 0.25) is 0 Å². The van der Waals surface area contributed by atoms with Crippen LogP contribution >= 0.6 is 0 Å². The van der Waals surface area contributed by atoms with Gasteiger partial charge < -0.3 is 21.4 Å². The quantitative estimate of drug-likeness (QED) is 0.407. The van der Waals surface area contributed by atoms with Crippen LogP contribution in [0.4, 0.5) is 0 Å². The summed E-state index contributed by atoms with van der Waals surface area (Å²) in [5.41, 5.74) is 7.32. The second-order valence-corrected chi connectivity index (χ2v) is 9.57. The van der Waals surface area contributed by atoms with E-state index in [9.17, 15) is 18.0 Å². The number of nitrogens with zero attached hydrogens (tertiary/aromatic N) is 1. The summed E-state index contributed by atoms with van der Waals surface area (Å²) < 4.78 is 27.5. The molecule has 32 heavy (non-hydrogen) atoms. The van der Waals surface area contributed by atoms with Gasteiger partial charge in [-0.15, -0.1) is 0 Å². The number of benzene rings is 2. The predicted molar refractivity (Wildman–Crippen MR) is 120 cm³/mol. The summed E-state index contributed by atoms with van der Waals surface area (Å²) in [6.45, 7) is 0.694. The number of nitrogens with two attached hydrogens (primary N) is 1. The molecule has 3 aromatic rings.